The lowest BCUT2D eigenvalue weighted by atomic mass is 10.1. The van der Waals surface area contributed by atoms with Crippen molar-refractivity contribution >= 4 is 17.2 Å². The van der Waals surface area contributed by atoms with Crippen LogP contribution in [0.1, 0.15) is 21.5 Å². The molecule has 110 valence electrons. The van der Waals surface area contributed by atoms with Crippen LogP contribution in [-0.2, 0) is 6.54 Å². The topological polar surface area (TPSA) is 42.0 Å². The van der Waals surface area contributed by atoms with Gasteiger partial charge in [0.25, 0.3) is 5.91 Å². The number of pyridine rings is 1. The fraction of sp³-hybridized carbons (Fsp3) is 0.111. The first kappa shape index (κ1) is 14.5. The molecule has 3 rings (SSSR count). The summed E-state index contributed by atoms with van der Waals surface area (Å²) in [5.41, 5.74) is 3.71. The Kier molecular flexibility index (Phi) is 4.30. The van der Waals surface area contributed by atoms with Crippen LogP contribution in [0.4, 0.5) is 0 Å². The number of hydrogen-bond acceptors (Lipinski definition) is 3. The summed E-state index contributed by atoms with van der Waals surface area (Å²) in [7, 11) is 0. The third-order valence-electron chi connectivity index (χ3n) is 3.37. The second kappa shape index (κ2) is 6.54. The van der Waals surface area contributed by atoms with Gasteiger partial charge in [0.1, 0.15) is 0 Å². The van der Waals surface area contributed by atoms with Crippen LogP contribution in [0.5, 0.6) is 0 Å². The molecule has 0 aliphatic rings. The van der Waals surface area contributed by atoms with Gasteiger partial charge in [0, 0.05) is 18.3 Å². The average Bonchev–Trinajstić information content (AvgIpc) is 3.07. The minimum atomic E-state index is -0.0651. The quantitative estimate of drug-likeness (QED) is 0.790. The van der Waals surface area contributed by atoms with E-state index in [0.717, 1.165) is 21.7 Å². The van der Waals surface area contributed by atoms with Gasteiger partial charge in [-0.3, -0.25) is 9.78 Å². The molecule has 0 atom stereocenters. The van der Waals surface area contributed by atoms with Gasteiger partial charge in [0.15, 0.2) is 0 Å². The number of thiophene rings is 1. The highest BCUT2D eigenvalue weighted by atomic mass is 32.1. The highest BCUT2D eigenvalue weighted by Crippen LogP contribution is 2.25. The Hall–Kier alpha value is -2.46. The van der Waals surface area contributed by atoms with Crippen molar-refractivity contribution in [1.29, 1.82) is 0 Å². The molecule has 3 nitrogen and oxygen atoms in total. The molecule has 0 fully saturated rings. The lowest BCUT2D eigenvalue weighted by molar-refractivity contribution is 0.0951. The van der Waals surface area contributed by atoms with E-state index in [2.05, 4.69) is 10.3 Å². The molecule has 1 N–H and O–H groups in total. The number of nitrogens with zero attached hydrogens (tertiary/aromatic N) is 1. The van der Waals surface area contributed by atoms with E-state index < -0.39 is 0 Å². The van der Waals surface area contributed by atoms with Crippen molar-refractivity contribution in [2.75, 3.05) is 0 Å². The largest absolute Gasteiger partial charge is 0.348 e. The maximum Gasteiger partial charge on any atom is 0.251 e. The maximum absolute atomic E-state index is 12.2. The zero-order valence-corrected chi connectivity index (χ0v) is 13.1. The summed E-state index contributed by atoms with van der Waals surface area (Å²) in [4.78, 5) is 17.8. The summed E-state index contributed by atoms with van der Waals surface area (Å²) in [6, 6.07) is 15.5. The van der Waals surface area contributed by atoms with Gasteiger partial charge in [-0.25, -0.2) is 0 Å². The van der Waals surface area contributed by atoms with Crippen molar-refractivity contribution < 1.29 is 4.79 Å². The number of carbonyl (C=O) groups is 1. The molecule has 0 saturated heterocycles. The minimum absolute atomic E-state index is 0.0651. The van der Waals surface area contributed by atoms with Gasteiger partial charge in [0.2, 0.25) is 0 Å². The Morgan fingerprint density at radius 3 is 2.86 bits per heavy atom. The van der Waals surface area contributed by atoms with E-state index in [4.69, 9.17) is 0 Å². The van der Waals surface area contributed by atoms with Gasteiger partial charge in [-0.1, -0.05) is 29.8 Å². The number of aryl methyl sites for hydroxylation is 1. The lowest BCUT2D eigenvalue weighted by Crippen LogP contribution is -2.23. The highest BCUT2D eigenvalue weighted by molar-refractivity contribution is 7.13. The van der Waals surface area contributed by atoms with Crippen molar-refractivity contribution in [2.45, 2.75) is 13.5 Å². The number of hydrogen-bond donors (Lipinski definition) is 1. The molecule has 0 aliphatic heterocycles. The Morgan fingerprint density at radius 2 is 2.09 bits per heavy atom. The Bertz CT molecular complexity index is 781. The predicted molar refractivity (Wildman–Crippen MR) is 89.9 cm³/mol. The maximum atomic E-state index is 12.2. The Morgan fingerprint density at radius 1 is 1.18 bits per heavy atom. The Labute approximate surface area is 133 Å². The summed E-state index contributed by atoms with van der Waals surface area (Å²) < 4.78 is 0. The molecular formula is C18H16N2OS. The third-order valence-corrected chi connectivity index (χ3v) is 4.24. The molecular weight excluding hydrogens is 292 g/mol. The standard InChI is InChI=1S/C18H16N2OS/c1-13-5-2-6-14(11-13)18(21)20-12-15-7-3-9-19-17(15)16-8-4-10-22-16/h2-11H,12H2,1H3,(H,20,21). The zero-order chi connectivity index (χ0) is 15.4. The smallest absolute Gasteiger partial charge is 0.251 e. The van der Waals surface area contributed by atoms with E-state index in [1.807, 2.05) is 60.8 Å². The highest BCUT2D eigenvalue weighted by Gasteiger charge is 2.10. The van der Waals surface area contributed by atoms with E-state index in [0.29, 0.717) is 12.1 Å². The van der Waals surface area contributed by atoms with Crippen LogP contribution in [-0.4, -0.2) is 10.9 Å². The third kappa shape index (κ3) is 3.23. The molecule has 2 heterocycles. The molecule has 1 aromatic carbocycles. The van der Waals surface area contributed by atoms with E-state index in [1.165, 1.54) is 0 Å². The predicted octanol–water partition coefficient (Wildman–Crippen LogP) is 4.05. The van der Waals surface area contributed by atoms with E-state index in [9.17, 15) is 4.79 Å². The first-order valence-corrected chi connectivity index (χ1v) is 7.94. The van der Waals surface area contributed by atoms with Crippen molar-refractivity contribution in [2.24, 2.45) is 0 Å². The Balaban J connectivity index is 1.76. The van der Waals surface area contributed by atoms with Gasteiger partial charge >= 0.3 is 0 Å². The summed E-state index contributed by atoms with van der Waals surface area (Å²) in [6.45, 7) is 2.45. The SMILES string of the molecule is Cc1cccc(C(=O)NCc2cccnc2-c2cccs2)c1. The lowest BCUT2D eigenvalue weighted by Gasteiger charge is -2.09. The normalized spacial score (nSPS) is 10.4. The molecule has 2 aromatic heterocycles. The number of benzene rings is 1. The molecule has 0 unspecified atom stereocenters. The second-order valence-corrected chi connectivity index (χ2v) is 5.99. The van der Waals surface area contributed by atoms with E-state index in [1.54, 1.807) is 17.5 Å². The molecule has 0 aliphatic carbocycles. The van der Waals surface area contributed by atoms with Crippen LogP contribution >= 0.6 is 11.3 Å². The molecule has 0 bridgehead atoms. The van der Waals surface area contributed by atoms with Crippen LogP contribution in [0.2, 0.25) is 0 Å². The first-order valence-electron chi connectivity index (χ1n) is 7.06. The van der Waals surface area contributed by atoms with Gasteiger partial charge in [-0.2, -0.15) is 0 Å². The van der Waals surface area contributed by atoms with Gasteiger partial charge in [0.05, 0.1) is 10.6 Å². The molecule has 1 amide bonds. The second-order valence-electron chi connectivity index (χ2n) is 5.04. The number of nitrogens with one attached hydrogen (secondary N) is 1. The molecule has 0 saturated carbocycles. The van der Waals surface area contributed by atoms with Crippen LogP contribution in [0.25, 0.3) is 10.6 Å². The number of rotatable bonds is 4. The number of amides is 1. The van der Waals surface area contributed by atoms with Crippen LogP contribution in [0.15, 0.2) is 60.1 Å². The number of carbonyl (C=O) groups excluding carboxylic acids is 1. The van der Waals surface area contributed by atoms with Gasteiger partial charge in [-0.15, -0.1) is 11.3 Å². The van der Waals surface area contributed by atoms with Crippen molar-refractivity contribution in [3.8, 4) is 10.6 Å². The molecule has 4 heteroatoms. The van der Waals surface area contributed by atoms with Gasteiger partial charge in [-0.05, 0) is 42.1 Å². The van der Waals surface area contributed by atoms with Crippen LogP contribution in [0.3, 0.4) is 0 Å². The zero-order valence-electron chi connectivity index (χ0n) is 12.2. The van der Waals surface area contributed by atoms with Crippen molar-refractivity contribution in [3.63, 3.8) is 0 Å². The fourth-order valence-corrected chi connectivity index (χ4v) is 3.04. The summed E-state index contributed by atoms with van der Waals surface area (Å²) in [6.07, 6.45) is 1.78. The number of aromatic nitrogens is 1. The fourth-order valence-electron chi connectivity index (χ4n) is 2.28. The molecule has 0 radical (unpaired) electrons. The van der Waals surface area contributed by atoms with Crippen LogP contribution in [0, 0.1) is 6.92 Å². The van der Waals surface area contributed by atoms with Gasteiger partial charge < -0.3 is 5.32 Å². The van der Waals surface area contributed by atoms with E-state index in [-0.39, 0.29) is 5.91 Å². The molecule has 22 heavy (non-hydrogen) atoms. The van der Waals surface area contributed by atoms with Crippen molar-refractivity contribution in [1.82, 2.24) is 10.3 Å². The average molecular weight is 308 g/mol. The summed E-state index contributed by atoms with van der Waals surface area (Å²) in [5, 5.41) is 5.00. The first-order chi connectivity index (χ1) is 10.7. The molecule has 0 spiro atoms. The van der Waals surface area contributed by atoms with Crippen LogP contribution < -0.4 is 5.32 Å². The van der Waals surface area contributed by atoms with Crippen molar-refractivity contribution in [3.05, 3.63) is 76.8 Å². The molecule has 3 aromatic rings. The monoisotopic (exact) mass is 308 g/mol. The van der Waals surface area contributed by atoms with E-state index >= 15 is 0 Å². The summed E-state index contributed by atoms with van der Waals surface area (Å²) in [5.74, 6) is -0.0651. The summed E-state index contributed by atoms with van der Waals surface area (Å²) >= 11 is 1.65. The minimum Gasteiger partial charge on any atom is -0.348 e.